The standard InChI is InChI=1S/C24H15BrN2O5/c25-16-8-11-19-18(12-16)22(28)20-21(15-6-9-17(10-7-15)27(30)31)26(24(29)23(20)32-19)13-14-4-2-1-3-5-14/h1-12,21H,13H2/t21-/m1/s1. The number of nitro benzene ring substituents is 1. The fraction of sp³-hybridized carbons (Fsp3) is 0.0833. The van der Waals surface area contributed by atoms with Crippen LogP contribution < -0.4 is 5.43 Å². The van der Waals surface area contributed by atoms with E-state index in [0.717, 1.165) is 10.0 Å². The Morgan fingerprint density at radius 1 is 1.00 bits per heavy atom. The third-order valence-corrected chi connectivity index (χ3v) is 6.04. The van der Waals surface area contributed by atoms with E-state index < -0.39 is 16.9 Å². The van der Waals surface area contributed by atoms with Gasteiger partial charge in [-0.3, -0.25) is 19.7 Å². The van der Waals surface area contributed by atoms with E-state index in [4.69, 9.17) is 4.42 Å². The van der Waals surface area contributed by atoms with Crippen LogP contribution in [0.25, 0.3) is 11.0 Å². The first-order chi connectivity index (χ1) is 15.4. The Bertz CT molecular complexity index is 1430. The number of carbonyl (C=O) groups excluding carboxylic acids is 1. The molecule has 0 saturated carbocycles. The lowest BCUT2D eigenvalue weighted by Crippen LogP contribution is -2.29. The van der Waals surface area contributed by atoms with Crippen molar-refractivity contribution in [2.45, 2.75) is 12.6 Å². The lowest BCUT2D eigenvalue weighted by Gasteiger charge is -2.25. The zero-order valence-electron chi connectivity index (χ0n) is 16.5. The van der Waals surface area contributed by atoms with E-state index in [9.17, 15) is 19.7 Å². The Balaban J connectivity index is 1.72. The molecule has 0 fully saturated rings. The number of hydrogen-bond donors (Lipinski definition) is 0. The van der Waals surface area contributed by atoms with Crippen LogP contribution in [0, 0.1) is 10.1 Å². The van der Waals surface area contributed by atoms with Crippen LogP contribution in [0.5, 0.6) is 0 Å². The molecule has 0 bridgehead atoms. The van der Waals surface area contributed by atoms with Crippen molar-refractivity contribution in [3.8, 4) is 0 Å². The van der Waals surface area contributed by atoms with Crippen molar-refractivity contribution in [2.24, 2.45) is 0 Å². The predicted molar refractivity (Wildman–Crippen MR) is 121 cm³/mol. The van der Waals surface area contributed by atoms with Gasteiger partial charge in [0.15, 0.2) is 5.43 Å². The van der Waals surface area contributed by atoms with Crippen molar-refractivity contribution in [1.82, 2.24) is 4.90 Å². The van der Waals surface area contributed by atoms with Gasteiger partial charge in [-0.1, -0.05) is 46.3 Å². The van der Waals surface area contributed by atoms with Gasteiger partial charge in [0.2, 0.25) is 5.76 Å². The van der Waals surface area contributed by atoms with Gasteiger partial charge in [0, 0.05) is 23.2 Å². The largest absolute Gasteiger partial charge is 0.450 e. The number of nitrogens with zero attached hydrogens (tertiary/aromatic N) is 2. The minimum atomic E-state index is -0.724. The third-order valence-electron chi connectivity index (χ3n) is 5.54. The molecule has 0 aliphatic carbocycles. The highest BCUT2D eigenvalue weighted by molar-refractivity contribution is 9.10. The van der Waals surface area contributed by atoms with E-state index in [1.165, 1.54) is 12.1 Å². The van der Waals surface area contributed by atoms with Crippen LogP contribution in [0.1, 0.15) is 33.3 Å². The molecule has 1 aliphatic heterocycles. The number of non-ortho nitro benzene ring substituents is 1. The predicted octanol–water partition coefficient (Wildman–Crippen LogP) is 5.21. The smallest absolute Gasteiger partial charge is 0.291 e. The normalized spacial score (nSPS) is 15.2. The second-order valence-electron chi connectivity index (χ2n) is 7.48. The first-order valence-electron chi connectivity index (χ1n) is 9.79. The van der Waals surface area contributed by atoms with Gasteiger partial charge in [-0.2, -0.15) is 0 Å². The maximum absolute atomic E-state index is 13.5. The molecule has 0 radical (unpaired) electrons. The summed E-state index contributed by atoms with van der Waals surface area (Å²) >= 11 is 3.37. The summed E-state index contributed by atoms with van der Waals surface area (Å²) < 4.78 is 6.63. The Morgan fingerprint density at radius 3 is 2.41 bits per heavy atom. The lowest BCUT2D eigenvalue weighted by atomic mass is 9.98. The molecule has 158 valence electrons. The summed E-state index contributed by atoms with van der Waals surface area (Å²) in [4.78, 5) is 39.1. The molecule has 8 heteroatoms. The summed E-state index contributed by atoms with van der Waals surface area (Å²) in [6.45, 7) is 0.255. The summed E-state index contributed by atoms with van der Waals surface area (Å²) in [5, 5.41) is 11.5. The molecule has 0 saturated heterocycles. The number of benzene rings is 3. The van der Waals surface area contributed by atoms with E-state index in [-0.39, 0.29) is 29.0 Å². The Labute approximate surface area is 190 Å². The summed E-state index contributed by atoms with van der Waals surface area (Å²) in [5.74, 6) is -0.391. The number of nitro groups is 1. The van der Waals surface area contributed by atoms with Crippen LogP contribution in [0.4, 0.5) is 5.69 Å². The van der Waals surface area contributed by atoms with Crippen LogP contribution in [-0.4, -0.2) is 15.7 Å². The first kappa shape index (κ1) is 20.1. The molecule has 1 amide bonds. The summed E-state index contributed by atoms with van der Waals surface area (Å²) in [7, 11) is 0. The molecule has 3 aromatic carbocycles. The van der Waals surface area contributed by atoms with Crippen molar-refractivity contribution >= 4 is 38.5 Å². The maximum Gasteiger partial charge on any atom is 0.291 e. The summed E-state index contributed by atoms with van der Waals surface area (Å²) in [5.41, 5.74) is 1.69. The topological polar surface area (TPSA) is 93.7 Å². The second-order valence-corrected chi connectivity index (χ2v) is 8.40. The molecule has 0 unspecified atom stereocenters. The average molecular weight is 491 g/mol. The first-order valence-corrected chi connectivity index (χ1v) is 10.6. The van der Waals surface area contributed by atoms with Crippen molar-refractivity contribution in [2.75, 3.05) is 0 Å². The van der Waals surface area contributed by atoms with Gasteiger partial charge in [0.1, 0.15) is 5.58 Å². The number of amides is 1. The Morgan fingerprint density at radius 2 is 1.72 bits per heavy atom. The van der Waals surface area contributed by atoms with Crippen molar-refractivity contribution in [1.29, 1.82) is 0 Å². The molecular formula is C24H15BrN2O5. The molecule has 2 heterocycles. The minimum absolute atomic E-state index is 0.00380. The summed E-state index contributed by atoms with van der Waals surface area (Å²) in [6, 6.07) is 19.7. The molecule has 7 nitrogen and oxygen atoms in total. The van der Waals surface area contributed by atoms with Gasteiger partial charge < -0.3 is 9.32 Å². The van der Waals surface area contributed by atoms with Gasteiger partial charge in [0.25, 0.3) is 11.6 Å². The average Bonchev–Trinajstić information content (AvgIpc) is 3.07. The van der Waals surface area contributed by atoms with Gasteiger partial charge in [-0.15, -0.1) is 0 Å². The Kier molecular flexibility index (Phi) is 4.86. The summed E-state index contributed by atoms with van der Waals surface area (Å²) in [6.07, 6.45) is 0. The number of fused-ring (bicyclic) bond motifs is 2. The molecule has 1 aliphatic rings. The van der Waals surface area contributed by atoms with Crippen molar-refractivity contribution in [3.05, 3.63) is 120 Å². The van der Waals surface area contributed by atoms with Crippen molar-refractivity contribution < 1.29 is 14.1 Å². The molecular weight excluding hydrogens is 476 g/mol. The van der Waals surface area contributed by atoms with Crippen LogP contribution in [0.15, 0.2) is 86.5 Å². The zero-order chi connectivity index (χ0) is 22.4. The highest BCUT2D eigenvalue weighted by Crippen LogP contribution is 2.39. The van der Waals surface area contributed by atoms with Crippen LogP contribution >= 0.6 is 15.9 Å². The molecule has 5 rings (SSSR count). The van der Waals surface area contributed by atoms with Crippen LogP contribution in [-0.2, 0) is 6.54 Å². The van der Waals surface area contributed by atoms with Crippen LogP contribution in [0.3, 0.4) is 0 Å². The third kappa shape index (κ3) is 3.29. The molecule has 32 heavy (non-hydrogen) atoms. The fourth-order valence-electron chi connectivity index (χ4n) is 4.06. The lowest BCUT2D eigenvalue weighted by molar-refractivity contribution is -0.384. The van der Waals surface area contributed by atoms with Gasteiger partial charge >= 0.3 is 0 Å². The van der Waals surface area contributed by atoms with Gasteiger partial charge in [0.05, 0.1) is 21.9 Å². The number of halogens is 1. The van der Waals surface area contributed by atoms with Gasteiger partial charge in [-0.05, 0) is 41.5 Å². The quantitative estimate of drug-likeness (QED) is 0.289. The Hall–Kier alpha value is -3.78. The highest BCUT2D eigenvalue weighted by atomic mass is 79.9. The zero-order valence-corrected chi connectivity index (χ0v) is 18.1. The van der Waals surface area contributed by atoms with E-state index in [1.54, 1.807) is 35.2 Å². The van der Waals surface area contributed by atoms with Gasteiger partial charge in [-0.25, -0.2) is 0 Å². The highest BCUT2D eigenvalue weighted by Gasteiger charge is 2.42. The van der Waals surface area contributed by atoms with Crippen LogP contribution in [0.2, 0.25) is 0 Å². The van der Waals surface area contributed by atoms with E-state index >= 15 is 0 Å². The maximum atomic E-state index is 13.5. The molecule has 0 N–H and O–H groups in total. The number of carbonyl (C=O) groups is 1. The minimum Gasteiger partial charge on any atom is -0.450 e. The molecule has 1 aromatic heterocycles. The number of hydrogen-bond acceptors (Lipinski definition) is 5. The monoisotopic (exact) mass is 490 g/mol. The number of rotatable bonds is 4. The second kappa shape index (κ2) is 7.72. The molecule has 0 spiro atoms. The van der Waals surface area contributed by atoms with Crippen molar-refractivity contribution in [3.63, 3.8) is 0 Å². The molecule has 1 atom stereocenters. The van der Waals surface area contributed by atoms with E-state index in [0.29, 0.717) is 16.5 Å². The fourth-order valence-corrected chi connectivity index (χ4v) is 4.42. The SMILES string of the molecule is O=C1c2oc3ccc(Br)cc3c(=O)c2[C@@H](c2ccc([N+](=O)[O-])cc2)N1Cc1ccccc1. The molecule has 4 aromatic rings. The van der Waals surface area contributed by atoms with E-state index in [2.05, 4.69) is 15.9 Å². The van der Waals surface area contributed by atoms with E-state index in [1.807, 2.05) is 30.3 Å².